The molecule has 2 rings (SSSR count). The minimum absolute atomic E-state index is 0.133. The van der Waals surface area contributed by atoms with Gasteiger partial charge in [-0.3, -0.25) is 0 Å². The van der Waals surface area contributed by atoms with Crippen molar-refractivity contribution >= 4 is 16.9 Å². The van der Waals surface area contributed by atoms with E-state index in [2.05, 4.69) is 18.4 Å². The van der Waals surface area contributed by atoms with Gasteiger partial charge >= 0.3 is 0 Å². The summed E-state index contributed by atoms with van der Waals surface area (Å²) in [6.45, 7) is 6.07. The first kappa shape index (κ1) is 13.0. The third-order valence-corrected chi connectivity index (χ3v) is 4.31. The van der Waals surface area contributed by atoms with Crippen LogP contribution < -0.4 is 0 Å². The molecule has 0 spiro atoms. The molecular weight excluding hydrogens is 243 g/mol. The molecule has 0 fully saturated rings. The van der Waals surface area contributed by atoms with Gasteiger partial charge in [0.25, 0.3) is 0 Å². The molecule has 0 nitrogen and oxygen atoms in total. The molecule has 2 heteroatoms. The van der Waals surface area contributed by atoms with Crippen molar-refractivity contribution in [3.8, 4) is 0 Å². The number of benzene rings is 1. The molecule has 0 radical (unpaired) electrons. The topological polar surface area (TPSA) is 0 Å². The first-order chi connectivity index (χ1) is 8.65. The Kier molecular flexibility index (Phi) is 3.97. The first-order valence-electron chi connectivity index (χ1n) is 6.10. The minimum Gasteiger partial charge on any atom is -0.206 e. The summed E-state index contributed by atoms with van der Waals surface area (Å²) in [5.74, 6) is 0.0945. The van der Waals surface area contributed by atoms with E-state index in [1.54, 1.807) is 17.4 Å². The molecule has 18 heavy (non-hydrogen) atoms. The Labute approximate surface area is 112 Å². The fraction of sp³-hybridized carbons (Fsp3) is 0.250. The number of halogens is 1. The second-order valence-corrected chi connectivity index (χ2v) is 5.39. The SMILES string of the molecule is CC=C(c1c(C)cccc1F)C(C)c1cccs1. The number of hydrogen-bond acceptors (Lipinski definition) is 1. The van der Waals surface area contributed by atoms with Crippen molar-refractivity contribution in [2.45, 2.75) is 26.7 Å². The molecule has 0 aliphatic carbocycles. The van der Waals surface area contributed by atoms with Gasteiger partial charge in [-0.05, 0) is 42.5 Å². The van der Waals surface area contributed by atoms with Gasteiger partial charge in [-0.15, -0.1) is 11.3 Å². The van der Waals surface area contributed by atoms with Crippen LogP contribution in [0.25, 0.3) is 5.57 Å². The highest BCUT2D eigenvalue weighted by Crippen LogP contribution is 2.36. The first-order valence-corrected chi connectivity index (χ1v) is 6.98. The summed E-state index contributed by atoms with van der Waals surface area (Å²) in [5, 5.41) is 2.06. The Balaban J connectivity index is 2.47. The fourth-order valence-electron chi connectivity index (χ4n) is 2.30. The van der Waals surface area contributed by atoms with Gasteiger partial charge in [-0.25, -0.2) is 4.39 Å². The predicted octanol–water partition coefficient (Wildman–Crippen LogP) is 5.40. The molecule has 0 aliphatic heterocycles. The summed E-state index contributed by atoms with van der Waals surface area (Å²) in [7, 11) is 0. The lowest BCUT2D eigenvalue weighted by Crippen LogP contribution is -2.00. The molecule has 1 aromatic carbocycles. The fourth-order valence-corrected chi connectivity index (χ4v) is 3.10. The molecule has 94 valence electrons. The lowest BCUT2D eigenvalue weighted by atomic mass is 9.89. The monoisotopic (exact) mass is 260 g/mol. The van der Waals surface area contributed by atoms with E-state index in [1.165, 1.54) is 10.9 Å². The van der Waals surface area contributed by atoms with Gasteiger partial charge < -0.3 is 0 Å². The third kappa shape index (κ3) is 2.39. The number of hydrogen-bond donors (Lipinski definition) is 0. The number of thiophene rings is 1. The highest BCUT2D eigenvalue weighted by molar-refractivity contribution is 7.10. The largest absolute Gasteiger partial charge is 0.206 e. The average molecular weight is 260 g/mol. The van der Waals surface area contributed by atoms with Crippen molar-refractivity contribution < 1.29 is 4.39 Å². The Hall–Kier alpha value is -1.41. The highest BCUT2D eigenvalue weighted by atomic mass is 32.1. The van der Waals surface area contributed by atoms with Crippen molar-refractivity contribution in [1.82, 2.24) is 0 Å². The molecule has 1 aromatic heterocycles. The van der Waals surface area contributed by atoms with Gasteiger partial charge in [0.05, 0.1) is 0 Å². The zero-order valence-electron chi connectivity index (χ0n) is 10.9. The summed E-state index contributed by atoms with van der Waals surface area (Å²) < 4.78 is 14.1. The summed E-state index contributed by atoms with van der Waals surface area (Å²) >= 11 is 1.72. The Bertz CT molecular complexity index is 532. The van der Waals surface area contributed by atoms with E-state index in [0.29, 0.717) is 0 Å². The Morgan fingerprint density at radius 3 is 2.61 bits per heavy atom. The predicted molar refractivity (Wildman–Crippen MR) is 77.5 cm³/mol. The van der Waals surface area contributed by atoms with E-state index >= 15 is 0 Å². The van der Waals surface area contributed by atoms with E-state index in [9.17, 15) is 4.39 Å². The second-order valence-electron chi connectivity index (χ2n) is 4.41. The van der Waals surface area contributed by atoms with Crippen LogP contribution in [-0.2, 0) is 0 Å². The van der Waals surface area contributed by atoms with Gasteiger partial charge in [0.15, 0.2) is 0 Å². The molecule has 1 heterocycles. The van der Waals surface area contributed by atoms with Crippen molar-refractivity contribution in [3.63, 3.8) is 0 Å². The normalized spacial score (nSPS) is 13.7. The van der Waals surface area contributed by atoms with Crippen LogP contribution in [0.1, 0.15) is 35.8 Å². The van der Waals surface area contributed by atoms with Crippen LogP contribution in [0.2, 0.25) is 0 Å². The van der Waals surface area contributed by atoms with E-state index < -0.39 is 0 Å². The van der Waals surface area contributed by atoms with Gasteiger partial charge in [-0.1, -0.05) is 31.2 Å². The minimum atomic E-state index is -0.133. The van der Waals surface area contributed by atoms with E-state index in [4.69, 9.17) is 0 Å². The Morgan fingerprint density at radius 2 is 2.06 bits per heavy atom. The molecule has 0 saturated heterocycles. The molecular formula is C16H17FS. The Morgan fingerprint density at radius 1 is 1.28 bits per heavy atom. The van der Waals surface area contributed by atoms with Crippen molar-refractivity contribution in [3.05, 3.63) is 63.6 Å². The molecule has 0 saturated carbocycles. The number of allylic oxidation sites excluding steroid dienone is 2. The molecule has 0 amide bonds. The van der Waals surface area contributed by atoms with Crippen LogP contribution in [0, 0.1) is 12.7 Å². The quantitative estimate of drug-likeness (QED) is 0.693. The van der Waals surface area contributed by atoms with Crippen molar-refractivity contribution in [2.75, 3.05) is 0 Å². The second kappa shape index (κ2) is 5.49. The third-order valence-electron chi connectivity index (χ3n) is 3.26. The van der Waals surface area contributed by atoms with Gasteiger partial charge in [0.1, 0.15) is 5.82 Å². The summed E-state index contributed by atoms with van der Waals surface area (Å²) in [5.41, 5.74) is 2.81. The summed E-state index contributed by atoms with van der Waals surface area (Å²) in [4.78, 5) is 1.27. The van der Waals surface area contributed by atoms with Crippen LogP contribution in [0.15, 0.2) is 41.8 Å². The average Bonchev–Trinajstić information content (AvgIpc) is 2.87. The maximum atomic E-state index is 14.1. The number of rotatable bonds is 3. The molecule has 0 aliphatic rings. The molecule has 1 unspecified atom stereocenters. The van der Waals surface area contributed by atoms with Crippen LogP contribution in [-0.4, -0.2) is 0 Å². The van der Waals surface area contributed by atoms with Crippen LogP contribution in [0.3, 0.4) is 0 Å². The smallest absolute Gasteiger partial charge is 0.130 e. The highest BCUT2D eigenvalue weighted by Gasteiger charge is 2.18. The maximum absolute atomic E-state index is 14.1. The number of aryl methyl sites for hydroxylation is 1. The van der Waals surface area contributed by atoms with Crippen LogP contribution in [0.4, 0.5) is 4.39 Å². The summed E-state index contributed by atoms with van der Waals surface area (Å²) in [6, 6.07) is 9.40. The molecule has 0 bridgehead atoms. The van der Waals surface area contributed by atoms with Crippen molar-refractivity contribution in [1.29, 1.82) is 0 Å². The molecule has 1 atom stereocenters. The molecule has 0 N–H and O–H groups in total. The van der Waals surface area contributed by atoms with Gasteiger partial charge in [0, 0.05) is 16.4 Å². The zero-order valence-corrected chi connectivity index (χ0v) is 11.7. The van der Waals surface area contributed by atoms with E-state index in [1.807, 2.05) is 32.1 Å². The lowest BCUT2D eigenvalue weighted by Gasteiger charge is -2.17. The maximum Gasteiger partial charge on any atom is 0.130 e. The summed E-state index contributed by atoms with van der Waals surface area (Å²) in [6.07, 6.45) is 2.02. The van der Waals surface area contributed by atoms with Gasteiger partial charge in [-0.2, -0.15) is 0 Å². The van der Waals surface area contributed by atoms with Crippen LogP contribution in [0.5, 0.6) is 0 Å². The van der Waals surface area contributed by atoms with E-state index in [-0.39, 0.29) is 11.7 Å². The zero-order chi connectivity index (χ0) is 13.1. The van der Waals surface area contributed by atoms with Crippen LogP contribution >= 0.6 is 11.3 Å². The van der Waals surface area contributed by atoms with Gasteiger partial charge in [0.2, 0.25) is 0 Å². The van der Waals surface area contributed by atoms with Crippen molar-refractivity contribution in [2.24, 2.45) is 0 Å². The molecule has 2 aromatic rings. The lowest BCUT2D eigenvalue weighted by molar-refractivity contribution is 0.621. The standard InChI is InChI=1S/C16H17FS/c1-4-13(12(3)15-9-6-10-18-15)16-11(2)7-5-8-14(16)17/h4-10,12H,1-3H3. The van der Waals surface area contributed by atoms with E-state index in [0.717, 1.165) is 16.7 Å².